The molecule has 0 fully saturated rings. The maximum atomic E-state index is 13.4. The molecule has 0 aliphatic heterocycles. The smallest absolute Gasteiger partial charge is 0.408 e. The number of aliphatic hydroxyl groups excluding tert-OH is 1. The van der Waals surface area contributed by atoms with E-state index in [-0.39, 0.29) is 23.9 Å². The number of ether oxygens (including phenoxy) is 1. The first kappa shape index (κ1) is 27.2. The van der Waals surface area contributed by atoms with Crippen molar-refractivity contribution in [2.24, 2.45) is 0 Å². The molecule has 9 heteroatoms. The molecule has 2 atom stereocenters. The number of aromatic hydroxyl groups is 1. The van der Waals surface area contributed by atoms with E-state index in [4.69, 9.17) is 4.74 Å². The van der Waals surface area contributed by atoms with Gasteiger partial charge in [-0.15, -0.1) is 0 Å². The summed E-state index contributed by atoms with van der Waals surface area (Å²) in [5.41, 5.74) is 0.0294. The van der Waals surface area contributed by atoms with Crippen LogP contribution in [0.5, 0.6) is 5.75 Å². The lowest BCUT2D eigenvalue weighted by Crippen LogP contribution is -2.55. The number of hydrogen-bond donors (Lipinski definition) is 4. The van der Waals surface area contributed by atoms with Crippen LogP contribution in [0.2, 0.25) is 0 Å². The number of para-hydroxylation sites is 1. The van der Waals surface area contributed by atoms with Crippen molar-refractivity contribution in [2.45, 2.75) is 78.6 Å². The van der Waals surface area contributed by atoms with E-state index in [1.54, 1.807) is 59.7 Å². The highest BCUT2D eigenvalue weighted by Gasteiger charge is 2.37. The zero-order valence-corrected chi connectivity index (χ0v) is 20.1. The minimum Gasteiger partial charge on any atom is -0.507 e. The van der Waals surface area contributed by atoms with E-state index in [1.165, 1.54) is 4.90 Å². The maximum Gasteiger partial charge on any atom is 0.408 e. The van der Waals surface area contributed by atoms with Crippen LogP contribution in [0.4, 0.5) is 4.79 Å². The van der Waals surface area contributed by atoms with Crippen molar-refractivity contribution in [3.63, 3.8) is 0 Å². The molecule has 32 heavy (non-hydrogen) atoms. The first-order valence-electron chi connectivity index (χ1n) is 10.8. The number of phenols is 1. The van der Waals surface area contributed by atoms with Gasteiger partial charge in [-0.25, -0.2) is 4.79 Å². The van der Waals surface area contributed by atoms with Crippen molar-refractivity contribution in [1.82, 2.24) is 15.5 Å². The number of benzene rings is 1. The lowest BCUT2D eigenvalue weighted by Gasteiger charge is -2.34. The number of nitrogens with zero attached hydrogens (tertiary/aromatic N) is 1. The predicted octanol–water partition coefficient (Wildman–Crippen LogP) is 2.39. The van der Waals surface area contributed by atoms with Crippen molar-refractivity contribution < 1.29 is 29.3 Å². The molecule has 0 spiro atoms. The average Bonchev–Trinajstić information content (AvgIpc) is 2.66. The summed E-state index contributed by atoms with van der Waals surface area (Å²) in [6.07, 6.45) is -0.350. The molecule has 9 nitrogen and oxygen atoms in total. The molecule has 1 aromatic rings. The Labute approximate surface area is 190 Å². The molecule has 180 valence electrons. The van der Waals surface area contributed by atoms with Gasteiger partial charge < -0.3 is 30.5 Å². The maximum absolute atomic E-state index is 13.4. The number of hydrogen-bond acceptors (Lipinski definition) is 6. The van der Waals surface area contributed by atoms with Crippen molar-refractivity contribution >= 4 is 17.9 Å². The highest BCUT2D eigenvalue weighted by molar-refractivity contribution is 5.92. The van der Waals surface area contributed by atoms with E-state index in [2.05, 4.69) is 10.6 Å². The van der Waals surface area contributed by atoms with Crippen LogP contribution in [-0.4, -0.2) is 63.9 Å². The third-order valence-corrected chi connectivity index (χ3v) is 4.47. The quantitative estimate of drug-likeness (QED) is 0.456. The zero-order chi connectivity index (χ0) is 24.6. The minimum atomic E-state index is -1.32. The molecule has 0 heterocycles. The number of amides is 3. The van der Waals surface area contributed by atoms with Gasteiger partial charge in [-0.3, -0.25) is 9.59 Å². The minimum absolute atomic E-state index is 0.0917. The molecule has 0 saturated carbocycles. The topological polar surface area (TPSA) is 128 Å². The van der Waals surface area contributed by atoms with Gasteiger partial charge in [-0.05, 0) is 53.5 Å². The summed E-state index contributed by atoms with van der Waals surface area (Å²) in [6, 6.07) is 2.29. The Morgan fingerprint density at radius 3 is 2.28 bits per heavy atom. The SMILES string of the molecule is CCCN(C(=O)C(CO)NC(=O)OC(C)(C)C)C(C(=O)NC(C)C)c1cccc(C)c1O. The van der Waals surface area contributed by atoms with Crippen LogP contribution in [-0.2, 0) is 14.3 Å². The largest absolute Gasteiger partial charge is 0.507 e. The second kappa shape index (κ2) is 11.7. The number of carbonyl (C=O) groups is 3. The predicted molar refractivity (Wildman–Crippen MR) is 121 cm³/mol. The molecule has 4 N–H and O–H groups in total. The van der Waals surface area contributed by atoms with Crippen LogP contribution < -0.4 is 10.6 Å². The Hall–Kier alpha value is -2.81. The van der Waals surface area contributed by atoms with Crippen LogP contribution in [0.3, 0.4) is 0 Å². The van der Waals surface area contributed by atoms with Gasteiger partial charge in [0.05, 0.1) is 6.61 Å². The van der Waals surface area contributed by atoms with Gasteiger partial charge in [-0.1, -0.05) is 25.1 Å². The van der Waals surface area contributed by atoms with Gasteiger partial charge in [0, 0.05) is 18.2 Å². The molecule has 1 aromatic carbocycles. The summed E-state index contributed by atoms with van der Waals surface area (Å²) in [4.78, 5) is 40.0. The van der Waals surface area contributed by atoms with E-state index in [0.29, 0.717) is 12.0 Å². The monoisotopic (exact) mass is 451 g/mol. The molecule has 3 amide bonds. The summed E-state index contributed by atoms with van der Waals surface area (Å²) in [6.45, 7) is 11.6. The molecule has 2 unspecified atom stereocenters. The number of carbonyl (C=O) groups excluding carboxylic acids is 3. The Balaban J connectivity index is 3.39. The molecule has 1 rings (SSSR count). The Morgan fingerprint density at radius 2 is 1.78 bits per heavy atom. The lowest BCUT2D eigenvalue weighted by atomic mass is 9.99. The second-order valence-corrected chi connectivity index (χ2v) is 8.99. The third-order valence-electron chi connectivity index (χ3n) is 4.47. The molecule has 0 saturated heterocycles. The fourth-order valence-electron chi connectivity index (χ4n) is 3.16. The molecular formula is C23H37N3O6. The van der Waals surface area contributed by atoms with Gasteiger partial charge in [-0.2, -0.15) is 0 Å². The van der Waals surface area contributed by atoms with Crippen molar-refractivity contribution in [3.05, 3.63) is 29.3 Å². The van der Waals surface area contributed by atoms with Gasteiger partial charge in [0.2, 0.25) is 11.8 Å². The standard InChI is InChI=1S/C23H37N3O6/c1-8-12-26(21(30)17(13-27)25-22(31)32-23(5,6)7)18(20(29)24-14(2)3)16-11-9-10-15(4)19(16)28/h9-11,14,17-18,27-28H,8,12-13H2,1-7H3,(H,24,29)(H,25,31). The molecule has 0 radical (unpaired) electrons. The van der Waals surface area contributed by atoms with Crippen LogP contribution >= 0.6 is 0 Å². The number of aryl methyl sites for hydroxylation is 1. The Morgan fingerprint density at radius 1 is 1.16 bits per heavy atom. The van der Waals surface area contributed by atoms with Gasteiger partial charge in [0.25, 0.3) is 0 Å². The van der Waals surface area contributed by atoms with Crippen molar-refractivity contribution in [3.8, 4) is 5.75 Å². The molecular weight excluding hydrogens is 414 g/mol. The van der Waals surface area contributed by atoms with E-state index in [0.717, 1.165) is 0 Å². The third kappa shape index (κ3) is 7.71. The highest BCUT2D eigenvalue weighted by Crippen LogP contribution is 2.32. The summed E-state index contributed by atoms with van der Waals surface area (Å²) in [7, 11) is 0. The molecule has 0 aliphatic carbocycles. The van der Waals surface area contributed by atoms with Gasteiger partial charge >= 0.3 is 6.09 Å². The second-order valence-electron chi connectivity index (χ2n) is 8.99. The van der Waals surface area contributed by atoms with E-state index >= 15 is 0 Å². The first-order valence-corrected chi connectivity index (χ1v) is 10.8. The number of nitrogens with one attached hydrogen (secondary N) is 2. The molecule has 0 aromatic heterocycles. The van der Waals surface area contributed by atoms with Crippen LogP contribution in [0, 0.1) is 6.92 Å². The van der Waals surface area contributed by atoms with Crippen molar-refractivity contribution in [2.75, 3.05) is 13.2 Å². The van der Waals surface area contributed by atoms with E-state index in [1.807, 2.05) is 6.92 Å². The highest BCUT2D eigenvalue weighted by atomic mass is 16.6. The zero-order valence-electron chi connectivity index (χ0n) is 20.1. The number of aliphatic hydroxyl groups is 1. The Kier molecular flexibility index (Phi) is 9.96. The average molecular weight is 452 g/mol. The van der Waals surface area contributed by atoms with Gasteiger partial charge in [0.15, 0.2) is 0 Å². The summed E-state index contributed by atoms with van der Waals surface area (Å²) in [5.74, 6) is -1.23. The summed E-state index contributed by atoms with van der Waals surface area (Å²) in [5, 5.41) is 25.7. The summed E-state index contributed by atoms with van der Waals surface area (Å²) < 4.78 is 5.19. The van der Waals surface area contributed by atoms with Crippen molar-refractivity contribution in [1.29, 1.82) is 0 Å². The summed E-state index contributed by atoms with van der Waals surface area (Å²) >= 11 is 0. The van der Waals surface area contributed by atoms with E-state index in [9.17, 15) is 24.6 Å². The normalized spacial score (nSPS) is 13.3. The van der Waals surface area contributed by atoms with E-state index < -0.39 is 42.2 Å². The fraction of sp³-hybridized carbons (Fsp3) is 0.609. The first-order chi connectivity index (χ1) is 14.8. The molecule has 0 bridgehead atoms. The van der Waals surface area contributed by atoms with Crippen LogP contribution in [0.1, 0.15) is 65.1 Å². The molecule has 0 aliphatic rings. The lowest BCUT2D eigenvalue weighted by molar-refractivity contribution is -0.143. The Bertz CT molecular complexity index is 803. The number of rotatable bonds is 9. The van der Waals surface area contributed by atoms with Gasteiger partial charge in [0.1, 0.15) is 23.4 Å². The fourth-order valence-corrected chi connectivity index (χ4v) is 3.16. The number of alkyl carbamates (subject to hydrolysis) is 1. The number of phenolic OH excluding ortho intramolecular Hbond substituents is 1. The van der Waals surface area contributed by atoms with Crippen LogP contribution in [0.25, 0.3) is 0 Å². The van der Waals surface area contributed by atoms with Crippen LogP contribution in [0.15, 0.2) is 18.2 Å².